The van der Waals surface area contributed by atoms with Crippen molar-refractivity contribution in [2.24, 2.45) is 5.73 Å². The van der Waals surface area contributed by atoms with Gasteiger partial charge in [-0.2, -0.15) is 0 Å². The summed E-state index contributed by atoms with van der Waals surface area (Å²) in [6, 6.07) is 10.5. The second-order valence-corrected chi connectivity index (χ2v) is 6.70. The van der Waals surface area contributed by atoms with Gasteiger partial charge in [0.25, 0.3) is 0 Å². The van der Waals surface area contributed by atoms with E-state index in [4.69, 9.17) is 18.0 Å². The third kappa shape index (κ3) is 4.59. The lowest BCUT2D eigenvalue weighted by molar-refractivity contribution is 0.580. The zero-order valence-corrected chi connectivity index (χ0v) is 12.8. The van der Waals surface area contributed by atoms with Crippen LogP contribution in [0.25, 0.3) is 0 Å². The van der Waals surface area contributed by atoms with Crippen LogP contribution in [0.1, 0.15) is 16.7 Å². The van der Waals surface area contributed by atoms with Gasteiger partial charge < -0.3 is 5.73 Å². The SMILES string of the molecule is NC(=S)c1ccccc1CS(=O)(=O)NCc1ccncc1. The van der Waals surface area contributed by atoms with Crippen molar-refractivity contribution in [1.29, 1.82) is 0 Å². The molecule has 0 aliphatic rings. The molecule has 1 aromatic carbocycles. The Hall–Kier alpha value is -1.83. The van der Waals surface area contributed by atoms with Crippen LogP contribution in [0.3, 0.4) is 0 Å². The van der Waals surface area contributed by atoms with Crippen molar-refractivity contribution in [3.05, 3.63) is 65.5 Å². The van der Waals surface area contributed by atoms with Gasteiger partial charge in [0.05, 0.1) is 5.75 Å². The average Bonchev–Trinajstić information content (AvgIpc) is 2.46. The Morgan fingerprint density at radius 2 is 1.86 bits per heavy atom. The molecule has 0 fully saturated rings. The first-order valence-corrected chi connectivity index (χ1v) is 8.28. The van der Waals surface area contributed by atoms with Gasteiger partial charge in [0, 0.05) is 24.5 Å². The maximum Gasteiger partial charge on any atom is 0.216 e. The van der Waals surface area contributed by atoms with E-state index in [1.165, 1.54) is 0 Å². The molecule has 0 spiro atoms. The molecule has 7 heteroatoms. The lowest BCUT2D eigenvalue weighted by atomic mass is 10.1. The van der Waals surface area contributed by atoms with Crippen molar-refractivity contribution in [2.75, 3.05) is 0 Å². The Kier molecular flexibility index (Phi) is 5.00. The monoisotopic (exact) mass is 321 g/mol. The van der Waals surface area contributed by atoms with E-state index in [2.05, 4.69) is 9.71 Å². The van der Waals surface area contributed by atoms with Gasteiger partial charge in [-0.3, -0.25) is 4.98 Å². The quantitative estimate of drug-likeness (QED) is 0.784. The number of rotatable bonds is 6. The molecule has 2 rings (SSSR count). The Labute approximate surface area is 129 Å². The molecule has 0 saturated heterocycles. The standard InChI is InChI=1S/C14H15N3O2S2/c15-14(20)13-4-2-1-3-12(13)10-21(18,19)17-9-11-5-7-16-8-6-11/h1-8,17H,9-10H2,(H2,15,20). The number of benzene rings is 1. The molecule has 0 aliphatic carbocycles. The number of hydrogen-bond donors (Lipinski definition) is 2. The summed E-state index contributed by atoms with van der Waals surface area (Å²) in [5.41, 5.74) is 7.63. The van der Waals surface area contributed by atoms with E-state index in [-0.39, 0.29) is 17.3 Å². The number of nitrogens with two attached hydrogens (primary N) is 1. The molecule has 0 radical (unpaired) electrons. The van der Waals surface area contributed by atoms with Crippen LogP contribution in [0.2, 0.25) is 0 Å². The molecule has 2 aromatic rings. The highest BCUT2D eigenvalue weighted by Crippen LogP contribution is 2.12. The fraction of sp³-hybridized carbons (Fsp3) is 0.143. The van der Waals surface area contributed by atoms with Crippen molar-refractivity contribution < 1.29 is 8.42 Å². The molecule has 0 saturated carbocycles. The van der Waals surface area contributed by atoms with Crippen molar-refractivity contribution in [1.82, 2.24) is 9.71 Å². The predicted molar refractivity (Wildman–Crippen MR) is 86.0 cm³/mol. The van der Waals surface area contributed by atoms with Gasteiger partial charge in [0.2, 0.25) is 10.0 Å². The molecule has 0 atom stereocenters. The molecule has 0 aliphatic heterocycles. The number of nitrogens with zero attached hydrogens (tertiary/aromatic N) is 1. The summed E-state index contributed by atoms with van der Waals surface area (Å²) in [5.74, 6) is -0.161. The molecular formula is C14H15N3O2S2. The van der Waals surface area contributed by atoms with E-state index in [1.54, 1.807) is 48.8 Å². The zero-order chi connectivity index (χ0) is 15.3. The smallest absolute Gasteiger partial charge is 0.216 e. The van der Waals surface area contributed by atoms with Crippen LogP contribution in [-0.2, 0) is 22.3 Å². The Bertz CT molecular complexity index is 731. The number of hydrogen-bond acceptors (Lipinski definition) is 4. The van der Waals surface area contributed by atoms with Crippen LogP contribution >= 0.6 is 12.2 Å². The largest absolute Gasteiger partial charge is 0.389 e. The molecule has 21 heavy (non-hydrogen) atoms. The summed E-state index contributed by atoms with van der Waals surface area (Å²) in [7, 11) is -3.47. The van der Waals surface area contributed by atoms with Crippen LogP contribution in [0.5, 0.6) is 0 Å². The highest BCUT2D eigenvalue weighted by molar-refractivity contribution is 7.88. The molecule has 3 N–H and O–H groups in total. The Balaban J connectivity index is 2.10. The number of pyridine rings is 1. The van der Waals surface area contributed by atoms with Crippen LogP contribution in [0.15, 0.2) is 48.8 Å². The third-order valence-corrected chi connectivity index (χ3v) is 4.37. The lowest BCUT2D eigenvalue weighted by Gasteiger charge is -2.10. The van der Waals surface area contributed by atoms with Crippen molar-refractivity contribution in [2.45, 2.75) is 12.3 Å². The summed E-state index contributed by atoms with van der Waals surface area (Å²) in [5, 5.41) is 0. The summed E-state index contributed by atoms with van der Waals surface area (Å²) in [4.78, 5) is 4.07. The number of sulfonamides is 1. The Morgan fingerprint density at radius 3 is 2.52 bits per heavy atom. The molecule has 0 amide bonds. The number of thiocarbonyl (C=S) groups is 1. The lowest BCUT2D eigenvalue weighted by Crippen LogP contribution is -2.26. The minimum absolute atomic E-state index is 0.161. The zero-order valence-electron chi connectivity index (χ0n) is 11.2. The first-order chi connectivity index (χ1) is 9.98. The van der Waals surface area contributed by atoms with Gasteiger partial charge in [-0.25, -0.2) is 13.1 Å². The highest BCUT2D eigenvalue weighted by atomic mass is 32.2. The molecule has 0 unspecified atom stereocenters. The van der Waals surface area contributed by atoms with Gasteiger partial charge in [-0.15, -0.1) is 0 Å². The maximum absolute atomic E-state index is 12.1. The van der Waals surface area contributed by atoms with E-state index < -0.39 is 10.0 Å². The Morgan fingerprint density at radius 1 is 1.19 bits per heavy atom. The second kappa shape index (κ2) is 6.75. The number of aromatic nitrogens is 1. The second-order valence-electron chi connectivity index (χ2n) is 4.46. The van der Waals surface area contributed by atoms with E-state index in [1.807, 2.05) is 0 Å². The minimum atomic E-state index is -3.47. The fourth-order valence-electron chi connectivity index (χ4n) is 1.84. The van der Waals surface area contributed by atoms with E-state index in [9.17, 15) is 8.42 Å². The third-order valence-electron chi connectivity index (χ3n) is 2.87. The van der Waals surface area contributed by atoms with Crippen molar-refractivity contribution in [3.8, 4) is 0 Å². The van der Waals surface area contributed by atoms with Gasteiger partial charge in [0.1, 0.15) is 4.99 Å². The molecule has 110 valence electrons. The molecule has 1 heterocycles. The van der Waals surface area contributed by atoms with Crippen LogP contribution in [-0.4, -0.2) is 18.4 Å². The molecule has 1 aromatic heterocycles. The molecule has 5 nitrogen and oxygen atoms in total. The van der Waals surface area contributed by atoms with Crippen molar-refractivity contribution in [3.63, 3.8) is 0 Å². The van der Waals surface area contributed by atoms with E-state index in [0.717, 1.165) is 5.56 Å². The van der Waals surface area contributed by atoms with Gasteiger partial charge >= 0.3 is 0 Å². The maximum atomic E-state index is 12.1. The first-order valence-electron chi connectivity index (χ1n) is 6.22. The van der Waals surface area contributed by atoms with Crippen LogP contribution in [0, 0.1) is 0 Å². The first kappa shape index (κ1) is 15.6. The molecule has 0 bridgehead atoms. The summed E-state index contributed by atoms with van der Waals surface area (Å²) < 4.78 is 26.8. The van der Waals surface area contributed by atoms with E-state index >= 15 is 0 Å². The van der Waals surface area contributed by atoms with Gasteiger partial charge in [-0.05, 0) is 23.3 Å². The van der Waals surface area contributed by atoms with Crippen LogP contribution in [0.4, 0.5) is 0 Å². The van der Waals surface area contributed by atoms with Crippen LogP contribution < -0.4 is 10.5 Å². The van der Waals surface area contributed by atoms with Gasteiger partial charge in [-0.1, -0.05) is 36.5 Å². The fourth-order valence-corrected chi connectivity index (χ4v) is 3.19. The van der Waals surface area contributed by atoms with Crippen molar-refractivity contribution >= 4 is 27.2 Å². The minimum Gasteiger partial charge on any atom is -0.389 e. The van der Waals surface area contributed by atoms with Gasteiger partial charge in [0.15, 0.2) is 0 Å². The summed E-state index contributed by atoms with van der Waals surface area (Å²) in [6.45, 7) is 0.222. The number of nitrogens with one attached hydrogen (secondary N) is 1. The molecular weight excluding hydrogens is 306 g/mol. The topological polar surface area (TPSA) is 85.1 Å². The summed E-state index contributed by atoms with van der Waals surface area (Å²) >= 11 is 4.94. The predicted octanol–water partition coefficient (Wildman–Crippen LogP) is 1.34. The average molecular weight is 321 g/mol. The normalized spacial score (nSPS) is 11.2. The highest BCUT2D eigenvalue weighted by Gasteiger charge is 2.14. The summed E-state index contributed by atoms with van der Waals surface area (Å²) in [6.07, 6.45) is 3.23. The van der Waals surface area contributed by atoms with E-state index in [0.29, 0.717) is 11.1 Å².